The Labute approximate surface area is 237 Å². The van der Waals surface area contributed by atoms with Crippen LogP contribution in [0.2, 0.25) is 0 Å². The number of amides is 2. The van der Waals surface area contributed by atoms with E-state index >= 15 is 0 Å². The average Bonchev–Trinajstić information content (AvgIpc) is 3.00. The van der Waals surface area contributed by atoms with Gasteiger partial charge < -0.3 is 20.3 Å². The molecule has 0 unspecified atom stereocenters. The van der Waals surface area contributed by atoms with Gasteiger partial charge in [0, 0.05) is 18.7 Å². The normalized spacial score (nSPS) is 18.8. The molecule has 0 bridgehead atoms. The van der Waals surface area contributed by atoms with E-state index in [9.17, 15) is 19.2 Å². The molecule has 40 heavy (non-hydrogen) atoms. The highest BCUT2D eigenvalue weighted by Crippen LogP contribution is 2.30. The molecule has 2 aromatic carbocycles. The topological polar surface area (TPSA) is 99.7 Å². The highest BCUT2D eigenvalue weighted by atomic mass is 19.1. The number of nitriles is 1. The van der Waals surface area contributed by atoms with Crippen LogP contribution in [-0.2, 0) is 4.79 Å². The fraction of sp³-hybridized carbons (Fsp3) is 0.531. The van der Waals surface area contributed by atoms with E-state index in [0.717, 1.165) is 49.9 Å². The van der Waals surface area contributed by atoms with Gasteiger partial charge in [-0.25, -0.2) is 4.39 Å². The molecule has 0 aromatic heterocycles. The van der Waals surface area contributed by atoms with Gasteiger partial charge in [0.15, 0.2) is 0 Å². The summed E-state index contributed by atoms with van der Waals surface area (Å²) < 4.78 is 20.8. The highest BCUT2D eigenvalue weighted by molar-refractivity contribution is 5.98. The third-order valence-electron chi connectivity index (χ3n) is 8.61. The summed E-state index contributed by atoms with van der Waals surface area (Å²) in [5.41, 5.74) is 6.99. The largest absolute Gasteiger partial charge is 0.493 e. The van der Waals surface area contributed by atoms with Gasteiger partial charge in [-0.1, -0.05) is 26.0 Å². The van der Waals surface area contributed by atoms with Crippen molar-refractivity contribution in [3.8, 4) is 22.9 Å². The minimum absolute atomic E-state index is 0.204. The summed E-state index contributed by atoms with van der Waals surface area (Å²) >= 11 is 0. The summed E-state index contributed by atoms with van der Waals surface area (Å²) in [6, 6.07) is 14.3. The molecule has 0 aliphatic carbocycles. The number of benzene rings is 2. The molecule has 2 N–H and O–H groups in total. The number of hydrogen-bond donors (Lipinski definition) is 1. The van der Waals surface area contributed by atoms with Gasteiger partial charge in [-0.2, -0.15) is 5.26 Å². The van der Waals surface area contributed by atoms with Crippen LogP contribution in [-0.4, -0.2) is 66.1 Å². The Morgan fingerprint density at radius 2 is 1.75 bits per heavy atom. The lowest BCUT2D eigenvalue weighted by molar-refractivity contribution is -0.123. The highest BCUT2D eigenvalue weighted by Gasteiger charge is 2.32. The first kappa shape index (κ1) is 29.5. The zero-order chi connectivity index (χ0) is 28.7. The molecule has 7 nitrogen and oxygen atoms in total. The Bertz CT molecular complexity index is 1210. The van der Waals surface area contributed by atoms with Crippen molar-refractivity contribution in [3.63, 3.8) is 0 Å². The van der Waals surface area contributed by atoms with Gasteiger partial charge >= 0.3 is 0 Å². The number of rotatable bonds is 10. The van der Waals surface area contributed by atoms with Crippen LogP contribution in [0.25, 0.3) is 11.1 Å². The van der Waals surface area contributed by atoms with Crippen molar-refractivity contribution in [1.29, 1.82) is 5.26 Å². The number of halogens is 1. The number of carbonyl (C=O) groups excluding carboxylic acids is 2. The molecular weight excluding hydrogens is 507 g/mol. The first-order valence-electron chi connectivity index (χ1n) is 14.6. The molecule has 2 heterocycles. The van der Waals surface area contributed by atoms with Gasteiger partial charge in [-0.3, -0.25) is 9.59 Å². The molecule has 214 valence electrons. The maximum atomic E-state index is 14.8. The van der Waals surface area contributed by atoms with Gasteiger partial charge in [0.25, 0.3) is 5.91 Å². The number of piperidine rings is 2. The molecule has 2 amide bonds. The predicted molar refractivity (Wildman–Crippen MR) is 154 cm³/mol. The molecule has 2 aromatic rings. The molecule has 4 rings (SSSR count). The van der Waals surface area contributed by atoms with Crippen LogP contribution >= 0.6 is 0 Å². The molecule has 0 radical (unpaired) electrons. The molecule has 1 atom stereocenters. The summed E-state index contributed by atoms with van der Waals surface area (Å²) in [6.45, 7) is 7.17. The molecule has 2 aliphatic rings. The summed E-state index contributed by atoms with van der Waals surface area (Å²) in [6.07, 6.45) is 5.35. The summed E-state index contributed by atoms with van der Waals surface area (Å²) in [4.78, 5) is 28.7. The van der Waals surface area contributed by atoms with Gasteiger partial charge in [0.2, 0.25) is 5.91 Å². The smallest absolute Gasteiger partial charge is 0.254 e. The predicted octanol–water partition coefficient (Wildman–Crippen LogP) is 5.32. The summed E-state index contributed by atoms with van der Waals surface area (Å²) in [7, 11) is 0. The fourth-order valence-corrected chi connectivity index (χ4v) is 5.79. The van der Waals surface area contributed by atoms with Crippen LogP contribution in [0.4, 0.5) is 4.39 Å². The number of primary amides is 1. The second-order valence-corrected chi connectivity index (χ2v) is 11.2. The van der Waals surface area contributed by atoms with Crippen LogP contribution in [0.3, 0.4) is 0 Å². The van der Waals surface area contributed by atoms with Crippen LogP contribution in [0.15, 0.2) is 42.5 Å². The minimum Gasteiger partial charge on any atom is -0.493 e. The van der Waals surface area contributed by atoms with Crippen LogP contribution in [0.1, 0.15) is 74.7 Å². The Morgan fingerprint density at radius 3 is 2.38 bits per heavy atom. The van der Waals surface area contributed by atoms with E-state index in [-0.39, 0.29) is 5.91 Å². The first-order valence-corrected chi connectivity index (χ1v) is 14.6. The molecule has 0 saturated carbocycles. The molecule has 0 spiro atoms. The first-order chi connectivity index (χ1) is 19.3. The Morgan fingerprint density at radius 1 is 1.05 bits per heavy atom. The van der Waals surface area contributed by atoms with Gasteiger partial charge in [0.1, 0.15) is 17.5 Å². The summed E-state index contributed by atoms with van der Waals surface area (Å²) in [5.74, 6) is 0.377. The second kappa shape index (κ2) is 13.3. The monoisotopic (exact) mass is 548 g/mol. The number of carbonyl (C=O) groups is 2. The molecule has 2 saturated heterocycles. The van der Waals surface area contributed by atoms with E-state index in [1.165, 1.54) is 0 Å². The van der Waals surface area contributed by atoms with E-state index in [1.54, 1.807) is 23.1 Å². The lowest BCUT2D eigenvalue weighted by atomic mass is 9.94. The van der Waals surface area contributed by atoms with E-state index in [0.29, 0.717) is 61.8 Å². The van der Waals surface area contributed by atoms with Gasteiger partial charge in [-0.05, 0) is 105 Å². The Balaban J connectivity index is 1.35. The Hall–Kier alpha value is -3.44. The third kappa shape index (κ3) is 7.00. The van der Waals surface area contributed by atoms with Gasteiger partial charge in [0.05, 0.1) is 18.2 Å². The SMILES string of the molecule is CCC(F)(CC)CN1CCC(COc2ccc(-c3ccc(C(=O)N4CCCC[C@@H]4C(N)=O)cc3)c(C#N)c2)CC1. The zero-order valence-electron chi connectivity index (χ0n) is 23.7. The zero-order valence-corrected chi connectivity index (χ0v) is 23.7. The van der Waals surface area contributed by atoms with Crippen molar-refractivity contribution in [1.82, 2.24) is 9.80 Å². The Kier molecular flexibility index (Phi) is 9.80. The van der Waals surface area contributed by atoms with Crippen molar-refractivity contribution in [2.75, 3.05) is 32.8 Å². The minimum atomic E-state index is -1.10. The fourth-order valence-electron chi connectivity index (χ4n) is 5.79. The quantitative estimate of drug-likeness (QED) is 0.433. The maximum Gasteiger partial charge on any atom is 0.254 e. The van der Waals surface area contributed by atoms with Crippen LogP contribution in [0.5, 0.6) is 5.75 Å². The standard InChI is InChI=1S/C32H41FN4O3/c1-3-32(33,4-2)22-36-17-14-23(15-18-36)21-40-27-12-13-28(26(19-27)20-34)24-8-10-25(11-9-24)31(39)37-16-6-5-7-29(37)30(35)38/h8-13,19,23,29H,3-7,14-18,21-22H2,1-2H3,(H2,35,38)/t29-/m1/s1. The lowest BCUT2D eigenvalue weighted by Gasteiger charge is -2.36. The maximum absolute atomic E-state index is 14.8. The number of likely N-dealkylation sites (tertiary alicyclic amines) is 2. The van der Waals surface area contributed by atoms with E-state index < -0.39 is 17.6 Å². The van der Waals surface area contributed by atoms with Gasteiger partial charge in [-0.15, -0.1) is 0 Å². The van der Waals surface area contributed by atoms with E-state index in [2.05, 4.69) is 11.0 Å². The van der Waals surface area contributed by atoms with Crippen molar-refractivity contribution in [2.45, 2.75) is 70.5 Å². The second-order valence-electron chi connectivity index (χ2n) is 11.2. The number of nitrogens with two attached hydrogens (primary N) is 1. The van der Waals surface area contributed by atoms with Crippen molar-refractivity contribution in [2.24, 2.45) is 11.7 Å². The summed E-state index contributed by atoms with van der Waals surface area (Å²) in [5, 5.41) is 9.83. The number of alkyl halides is 1. The van der Waals surface area contributed by atoms with E-state index in [1.807, 2.05) is 38.1 Å². The van der Waals surface area contributed by atoms with Crippen molar-refractivity contribution in [3.05, 3.63) is 53.6 Å². The molecule has 8 heteroatoms. The molecule has 2 fully saturated rings. The van der Waals surface area contributed by atoms with Crippen LogP contribution < -0.4 is 10.5 Å². The number of nitrogens with zero attached hydrogens (tertiary/aromatic N) is 3. The van der Waals surface area contributed by atoms with Crippen LogP contribution in [0, 0.1) is 17.2 Å². The number of ether oxygens (including phenoxy) is 1. The van der Waals surface area contributed by atoms with Crippen molar-refractivity contribution < 1.29 is 18.7 Å². The molecule has 2 aliphatic heterocycles. The number of hydrogen-bond acceptors (Lipinski definition) is 5. The third-order valence-corrected chi connectivity index (χ3v) is 8.61. The van der Waals surface area contributed by atoms with E-state index in [4.69, 9.17) is 10.5 Å². The average molecular weight is 549 g/mol. The lowest BCUT2D eigenvalue weighted by Crippen LogP contribution is -2.50. The van der Waals surface area contributed by atoms with Crippen molar-refractivity contribution >= 4 is 11.8 Å². The molecular formula is C32H41FN4O3.